The Balaban J connectivity index is 1.37. The van der Waals surface area contributed by atoms with Crippen LogP contribution in [0.25, 0.3) is 0 Å². The molecule has 0 unspecified atom stereocenters. The maximum atomic E-state index is 10.4. The highest BCUT2D eigenvalue weighted by Gasteiger charge is 2.34. The van der Waals surface area contributed by atoms with Gasteiger partial charge in [0.25, 0.3) is 0 Å². The van der Waals surface area contributed by atoms with Crippen molar-refractivity contribution in [2.45, 2.75) is 37.1 Å². The summed E-state index contributed by atoms with van der Waals surface area (Å²) in [6, 6.07) is 31.1. The van der Waals surface area contributed by atoms with E-state index < -0.39 is 5.41 Å². The lowest BCUT2D eigenvalue weighted by molar-refractivity contribution is 0.203. The SMILES string of the molecule is N#CC(CCCN1CCC(N(N)c2ccccc2N)CC1)(c1ccccc1)c1ccccc1. The number of hydrogen-bond donors (Lipinski definition) is 2. The Labute approximate surface area is 197 Å². The molecule has 4 N–H and O–H groups in total. The molecule has 170 valence electrons. The van der Waals surface area contributed by atoms with E-state index in [0.717, 1.165) is 67.8 Å². The van der Waals surface area contributed by atoms with Gasteiger partial charge in [0.15, 0.2) is 0 Å². The normalized spacial score (nSPS) is 15.2. The molecule has 0 saturated carbocycles. The summed E-state index contributed by atoms with van der Waals surface area (Å²) in [6.45, 7) is 2.98. The molecule has 33 heavy (non-hydrogen) atoms. The van der Waals surface area contributed by atoms with Gasteiger partial charge in [-0.15, -0.1) is 0 Å². The number of likely N-dealkylation sites (tertiary alicyclic amines) is 1. The van der Waals surface area contributed by atoms with E-state index in [0.29, 0.717) is 0 Å². The van der Waals surface area contributed by atoms with Gasteiger partial charge in [0.2, 0.25) is 0 Å². The summed E-state index contributed by atoms with van der Waals surface area (Å²) >= 11 is 0. The van der Waals surface area contributed by atoms with E-state index in [1.54, 1.807) is 0 Å². The Morgan fingerprint density at radius 1 is 0.879 bits per heavy atom. The van der Waals surface area contributed by atoms with Crippen molar-refractivity contribution in [2.24, 2.45) is 5.84 Å². The molecule has 0 aliphatic carbocycles. The zero-order chi connectivity index (χ0) is 23.1. The maximum absolute atomic E-state index is 10.4. The van der Waals surface area contributed by atoms with Gasteiger partial charge in [0.1, 0.15) is 5.41 Å². The number of nitrogens with zero attached hydrogens (tertiary/aromatic N) is 3. The smallest absolute Gasteiger partial charge is 0.107 e. The molecule has 1 heterocycles. The van der Waals surface area contributed by atoms with Crippen molar-refractivity contribution in [1.29, 1.82) is 5.26 Å². The molecule has 1 saturated heterocycles. The van der Waals surface area contributed by atoms with Gasteiger partial charge in [-0.1, -0.05) is 72.8 Å². The molecule has 0 atom stereocenters. The van der Waals surface area contributed by atoms with E-state index in [4.69, 9.17) is 11.6 Å². The molecule has 1 aliphatic heterocycles. The minimum Gasteiger partial charge on any atom is -0.397 e. The molecule has 5 heteroatoms. The lowest BCUT2D eigenvalue weighted by Crippen LogP contribution is -2.48. The zero-order valence-corrected chi connectivity index (χ0v) is 19.1. The molecule has 3 aromatic carbocycles. The van der Waals surface area contributed by atoms with Crippen LogP contribution in [-0.2, 0) is 5.41 Å². The van der Waals surface area contributed by atoms with Gasteiger partial charge in [-0.25, -0.2) is 5.84 Å². The molecule has 0 aromatic heterocycles. The van der Waals surface area contributed by atoms with E-state index in [2.05, 4.69) is 35.2 Å². The van der Waals surface area contributed by atoms with Crippen molar-refractivity contribution >= 4 is 11.4 Å². The Morgan fingerprint density at radius 2 is 1.42 bits per heavy atom. The number of rotatable bonds is 8. The average molecular weight is 440 g/mol. The van der Waals surface area contributed by atoms with Crippen molar-refractivity contribution in [3.8, 4) is 6.07 Å². The quantitative estimate of drug-likeness (QED) is 0.302. The number of piperidine rings is 1. The van der Waals surface area contributed by atoms with Crippen LogP contribution in [0.2, 0.25) is 0 Å². The third-order valence-electron chi connectivity index (χ3n) is 6.92. The standard InChI is InChI=1S/C28H33N5/c29-22-28(23-10-3-1-4-11-23,24-12-5-2-6-13-24)18-9-19-32-20-16-25(17-21-32)33(31)27-15-8-7-14-26(27)30/h1-8,10-15,25H,9,16-21,30-31H2. The third kappa shape index (κ3) is 5.03. The number of anilines is 2. The Bertz CT molecular complexity index is 1010. The van der Waals surface area contributed by atoms with E-state index in [1.807, 2.05) is 65.7 Å². The summed E-state index contributed by atoms with van der Waals surface area (Å²) in [5, 5.41) is 12.2. The summed E-state index contributed by atoms with van der Waals surface area (Å²) in [6.07, 6.45) is 3.76. The third-order valence-corrected chi connectivity index (χ3v) is 6.92. The van der Waals surface area contributed by atoms with Crippen LogP contribution in [0.4, 0.5) is 11.4 Å². The number of para-hydroxylation sites is 2. The van der Waals surface area contributed by atoms with Gasteiger partial charge < -0.3 is 15.6 Å². The van der Waals surface area contributed by atoms with Gasteiger partial charge in [-0.2, -0.15) is 5.26 Å². The lowest BCUT2D eigenvalue weighted by atomic mass is 9.72. The minimum absolute atomic E-state index is 0.290. The Hall–Kier alpha value is -3.33. The van der Waals surface area contributed by atoms with Gasteiger partial charge in [-0.3, -0.25) is 0 Å². The molecule has 5 nitrogen and oxygen atoms in total. The van der Waals surface area contributed by atoms with E-state index in [9.17, 15) is 5.26 Å². The first kappa shape index (κ1) is 22.8. The van der Waals surface area contributed by atoms with Crippen molar-refractivity contribution < 1.29 is 0 Å². The van der Waals surface area contributed by atoms with Gasteiger partial charge in [0.05, 0.1) is 17.4 Å². The predicted molar refractivity (Wildman–Crippen MR) is 135 cm³/mol. The van der Waals surface area contributed by atoms with Crippen LogP contribution in [0.5, 0.6) is 0 Å². The first-order chi connectivity index (χ1) is 16.1. The second-order valence-corrected chi connectivity index (χ2v) is 8.89. The van der Waals surface area contributed by atoms with Crippen LogP contribution in [0.3, 0.4) is 0 Å². The van der Waals surface area contributed by atoms with Crippen LogP contribution in [0.1, 0.15) is 36.8 Å². The molecule has 3 aromatic rings. The largest absolute Gasteiger partial charge is 0.397 e. The number of hydrazine groups is 1. The lowest BCUT2D eigenvalue weighted by Gasteiger charge is -2.38. The summed E-state index contributed by atoms with van der Waals surface area (Å²) in [5.74, 6) is 6.42. The van der Waals surface area contributed by atoms with E-state index in [-0.39, 0.29) is 6.04 Å². The number of nitrogen functional groups attached to an aromatic ring is 1. The first-order valence-electron chi connectivity index (χ1n) is 11.8. The molecule has 0 amide bonds. The summed E-state index contributed by atoms with van der Waals surface area (Å²) in [7, 11) is 0. The second-order valence-electron chi connectivity index (χ2n) is 8.89. The maximum Gasteiger partial charge on any atom is 0.107 e. The van der Waals surface area contributed by atoms with Crippen molar-refractivity contribution in [2.75, 3.05) is 30.4 Å². The van der Waals surface area contributed by atoms with Gasteiger partial charge in [-0.05, 0) is 55.5 Å². The fourth-order valence-corrected chi connectivity index (χ4v) is 4.99. The zero-order valence-electron chi connectivity index (χ0n) is 19.1. The predicted octanol–water partition coefficient (Wildman–Crippen LogP) is 4.70. The molecule has 4 rings (SSSR count). The first-order valence-corrected chi connectivity index (χ1v) is 11.8. The van der Waals surface area contributed by atoms with Crippen molar-refractivity contribution in [1.82, 2.24) is 4.90 Å². The van der Waals surface area contributed by atoms with E-state index >= 15 is 0 Å². The topological polar surface area (TPSA) is 82.3 Å². The highest BCUT2D eigenvalue weighted by atomic mass is 15.4. The number of nitriles is 1. The van der Waals surface area contributed by atoms with Crippen LogP contribution in [-0.4, -0.2) is 30.6 Å². The van der Waals surface area contributed by atoms with Crippen LogP contribution < -0.4 is 16.6 Å². The van der Waals surface area contributed by atoms with Crippen molar-refractivity contribution in [3.63, 3.8) is 0 Å². The average Bonchev–Trinajstić information content (AvgIpc) is 2.88. The number of benzene rings is 3. The molecular weight excluding hydrogens is 406 g/mol. The van der Waals surface area contributed by atoms with Gasteiger partial charge >= 0.3 is 0 Å². The second kappa shape index (κ2) is 10.5. The Kier molecular flexibility index (Phi) is 7.29. The van der Waals surface area contributed by atoms with Crippen LogP contribution in [0.15, 0.2) is 84.9 Å². The monoisotopic (exact) mass is 439 g/mol. The summed E-state index contributed by atoms with van der Waals surface area (Å²) < 4.78 is 0. The molecular formula is C28H33N5. The number of hydrogen-bond acceptors (Lipinski definition) is 5. The number of nitrogens with two attached hydrogens (primary N) is 2. The Morgan fingerprint density at radius 3 is 1.97 bits per heavy atom. The minimum atomic E-state index is -0.625. The summed E-state index contributed by atoms with van der Waals surface area (Å²) in [5.41, 5.74) is 9.24. The fourth-order valence-electron chi connectivity index (χ4n) is 4.99. The molecule has 0 radical (unpaired) electrons. The van der Waals surface area contributed by atoms with Gasteiger partial charge in [0, 0.05) is 19.1 Å². The highest BCUT2D eigenvalue weighted by Crippen LogP contribution is 2.36. The fraction of sp³-hybridized carbons (Fsp3) is 0.321. The van der Waals surface area contributed by atoms with Crippen LogP contribution >= 0.6 is 0 Å². The van der Waals surface area contributed by atoms with Crippen LogP contribution in [0, 0.1) is 11.3 Å². The molecule has 0 spiro atoms. The van der Waals surface area contributed by atoms with E-state index in [1.165, 1.54) is 0 Å². The molecule has 1 fully saturated rings. The summed E-state index contributed by atoms with van der Waals surface area (Å²) in [4.78, 5) is 2.50. The molecule has 0 bridgehead atoms. The molecule has 1 aliphatic rings. The van der Waals surface area contributed by atoms with Crippen molar-refractivity contribution in [3.05, 3.63) is 96.1 Å². The highest BCUT2D eigenvalue weighted by molar-refractivity contribution is 5.66.